The zero-order valence-electron chi connectivity index (χ0n) is 7.46. The van der Waals surface area contributed by atoms with Crippen molar-refractivity contribution in [1.82, 2.24) is 0 Å². The van der Waals surface area contributed by atoms with Gasteiger partial charge < -0.3 is 10.5 Å². The maximum Gasteiger partial charge on any atom is 0.327 e. The van der Waals surface area contributed by atoms with Crippen LogP contribution < -0.4 is 5.73 Å². The number of rotatable bonds is 2. The largest absolute Gasteiger partial charge is 0.468 e. The lowest BCUT2D eigenvalue weighted by Crippen LogP contribution is -2.24. The SMILES string of the molecule is COC(=O)[C@@H](N)c1c(F)cccc1Br. The van der Waals surface area contributed by atoms with E-state index in [1.54, 1.807) is 6.07 Å². The second-order valence-electron chi connectivity index (χ2n) is 2.64. The molecule has 0 bridgehead atoms. The first-order valence-electron chi connectivity index (χ1n) is 3.85. The summed E-state index contributed by atoms with van der Waals surface area (Å²) in [5.41, 5.74) is 5.62. The van der Waals surface area contributed by atoms with E-state index in [2.05, 4.69) is 20.7 Å². The summed E-state index contributed by atoms with van der Waals surface area (Å²) in [5, 5.41) is 0. The number of esters is 1. The summed E-state index contributed by atoms with van der Waals surface area (Å²) >= 11 is 3.12. The third-order valence-electron chi connectivity index (χ3n) is 1.77. The Morgan fingerprint density at radius 2 is 2.29 bits per heavy atom. The predicted molar refractivity (Wildman–Crippen MR) is 53.0 cm³/mol. The molecule has 0 aliphatic heterocycles. The van der Waals surface area contributed by atoms with Crippen molar-refractivity contribution in [3.63, 3.8) is 0 Å². The molecular formula is C9H9BrFNO2. The van der Waals surface area contributed by atoms with Crippen LogP contribution in [-0.4, -0.2) is 13.1 Å². The van der Waals surface area contributed by atoms with Crippen molar-refractivity contribution in [2.24, 2.45) is 5.73 Å². The summed E-state index contributed by atoms with van der Waals surface area (Å²) in [6.45, 7) is 0. The molecule has 76 valence electrons. The third kappa shape index (κ3) is 2.10. The van der Waals surface area contributed by atoms with Crippen LogP contribution in [-0.2, 0) is 9.53 Å². The minimum Gasteiger partial charge on any atom is -0.468 e. The highest BCUT2D eigenvalue weighted by molar-refractivity contribution is 9.10. The number of ether oxygens (including phenoxy) is 1. The Morgan fingerprint density at radius 1 is 1.64 bits per heavy atom. The summed E-state index contributed by atoms with van der Waals surface area (Å²) in [5.74, 6) is -1.20. The van der Waals surface area contributed by atoms with Crippen LogP contribution >= 0.6 is 15.9 Å². The number of carbonyl (C=O) groups excluding carboxylic acids is 1. The van der Waals surface area contributed by atoms with E-state index in [-0.39, 0.29) is 5.56 Å². The van der Waals surface area contributed by atoms with Crippen LogP contribution in [0.25, 0.3) is 0 Å². The number of methoxy groups -OCH3 is 1. The van der Waals surface area contributed by atoms with E-state index in [1.165, 1.54) is 19.2 Å². The Morgan fingerprint density at radius 3 is 2.79 bits per heavy atom. The maximum absolute atomic E-state index is 13.3. The zero-order valence-corrected chi connectivity index (χ0v) is 9.05. The van der Waals surface area contributed by atoms with E-state index in [0.29, 0.717) is 4.47 Å². The molecule has 1 rings (SSSR count). The van der Waals surface area contributed by atoms with E-state index < -0.39 is 17.8 Å². The first-order chi connectivity index (χ1) is 6.57. The van der Waals surface area contributed by atoms with E-state index in [4.69, 9.17) is 5.73 Å². The van der Waals surface area contributed by atoms with Crippen molar-refractivity contribution in [3.05, 3.63) is 34.1 Å². The lowest BCUT2D eigenvalue weighted by molar-refractivity contribution is -0.142. The molecule has 1 atom stereocenters. The third-order valence-corrected chi connectivity index (χ3v) is 2.46. The fraction of sp³-hybridized carbons (Fsp3) is 0.222. The van der Waals surface area contributed by atoms with Gasteiger partial charge in [0.2, 0.25) is 0 Å². The van der Waals surface area contributed by atoms with Gasteiger partial charge in [0.25, 0.3) is 0 Å². The second kappa shape index (κ2) is 4.52. The van der Waals surface area contributed by atoms with E-state index in [0.717, 1.165) is 0 Å². The van der Waals surface area contributed by atoms with Crippen molar-refractivity contribution in [3.8, 4) is 0 Å². The quantitative estimate of drug-likeness (QED) is 0.826. The molecule has 0 spiro atoms. The summed E-state index contributed by atoms with van der Waals surface area (Å²) in [6.07, 6.45) is 0. The number of carbonyl (C=O) groups is 1. The van der Waals surface area contributed by atoms with Gasteiger partial charge in [0, 0.05) is 10.0 Å². The highest BCUT2D eigenvalue weighted by atomic mass is 79.9. The lowest BCUT2D eigenvalue weighted by atomic mass is 10.1. The summed E-state index contributed by atoms with van der Waals surface area (Å²) in [6, 6.07) is 3.27. The number of nitrogens with two attached hydrogens (primary N) is 1. The Bertz CT molecular complexity index is 336. The molecule has 0 radical (unpaired) electrons. The second-order valence-corrected chi connectivity index (χ2v) is 3.49. The Kier molecular flexibility index (Phi) is 3.60. The van der Waals surface area contributed by atoms with Crippen molar-refractivity contribution in [2.75, 3.05) is 7.11 Å². The van der Waals surface area contributed by atoms with Gasteiger partial charge in [0.1, 0.15) is 11.9 Å². The van der Waals surface area contributed by atoms with E-state index >= 15 is 0 Å². The minimum absolute atomic E-state index is 0.111. The maximum atomic E-state index is 13.3. The van der Waals surface area contributed by atoms with Gasteiger partial charge >= 0.3 is 5.97 Å². The monoisotopic (exact) mass is 261 g/mol. The van der Waals surface area contributed by atoms with Gasteiger partial charge in [-0.3, -0.25) is 4.79 Å². The molecule has 0 aliphatic rings. The molecule has 5 heteroatoms. The van der Waals surface area contributed by atoms with Gasteiger partial charge in [-0.2, -0.15) is 0 Å². The summed E-state index contributed by atoms with van der Waals surface area (Å²) in [7, 11) is 1.21. The van der Waals surface area contributed by atoms with Crippen molar-refractivity contribution >= 4 is 21.9 Å². The normalized spacial score (nSPS) is 12.3. The molecule has 3 nitrogen and oxygen atoms in total. The molecule has 0 aromatic heterocycles. The molecule has 14 heavy (non-hydrogen) atoms. The van der Waals surface area contributed by atoms with Gasteiger partial charge in [0.05, 0.1) is 7.11 Å². The van der Waals surface area contributed by atoms with Crippen LogP contribution in [0, 0.1) is 5.82 Å². The molecule has 2 N–H and O–H groups in total. The van der Waals surface area contributed by atoms with Crippen LogP contribution in [0.1, 0.15) is 11.6 Å². The minimum atomic E-state index is -1.10. The summed E-state index contributed by atoms with van der Waals surface area (Å²) in [4.78, 5) is 11.1. The van der Waals surface area contributed by atoms with Crippen molar-refractivity contribution < 1.29 is 13.9 Å². The topological polar surface area (TPSA) is 52.3 Å². The van der Waals surface area contributed by atoms with Gasteiger partial charge in [-0.15, -0.1) is 0 Å². The van der Waals surface area contributed by atoms with Gasteiger partial charge in [-0.1, -0.05) is 22.0 Å². The number of hydrogen-bond acceptors (Lipinski definition) is 3. The summed E-state index contributed by atoms with van der Waals surface area (Å²) < 4.78 is 18.2. The number of benzene rings is 1. The molecular weight excluding hydrogens is 253 g/mol. The predicted octanol–water partition coefficient (Wildman–Crippen LogP) is 1.76. The molecule has 0 fully saturated rings. The number of hydrogen-bond donors (Lipinski definition) is 1. The molecule has 0 saturated carbocycles. The zero-order chi connectivity index (χ0) is 10.7. The van der Waals surface area contributed by atoms with Gasteiger partial charge in [0.15, 0.2) is 0 Å². The highest BCUT2D eigenvalue weighted by Gasteiger charge is 2.22. The van der Waals surface area contributed by atoms with E-state index in [9.17, 15) is 9.18 Å². The fourth-order valence-electron chi connectivity index (χ4n) is 1.05. The molecule has 0 aliphatic carbocycles. The van der Waals surface area contributed by atoms with Gasteiger partial charge in [-0.05, 0) is 12.1 Å². The first kappa shape index (κ1) is 11.1. The Hall–Kier alpha value is -0.940. The van der Waals surface area contributed by atoms with E-state index in [1.807, 2.05) is 0 Å². The molecule has 1 aromatic carbocycles. The highest BCUT2D eigenvalue weighted by Crippen LogP contribution is 2.25. The van der Waals surface area contributed by atoms with Crippen molar-refractivity contribution in [2.45, 2.75) is 6.04 Å². The van der Waals surface area contributed by atoms with Crippen LogP contribution in [0.4, 0.5) is 4.39 Å². The molecule has 0 heterocycles. The molecule has 0 unspecified atom stereocenters. The Balaban J connectivity index is 3.11. The number of halogens is 2. The van der Waals surface area contributed by atoms with Crippen molar-refractivity contribution in [1.29, 1.82) is 0 Å². The molecule has 0 amide bonds. The van der Waals surface area contributed by atoms with Crippen LogP contribution in [0.2, 0.25) is 0 Å². The fourth-order valence-corrected chi connectivity index (χ4v) is 1.64. The first-order valence-corrected chi connectivity index (χ1v) is 4.64. The smallest absolute Gasteiger partial charge is 0.327 e. The average molecular weight is 262 g/mol. The van der Waals surface area contributed by atoms with Crippen LogP contribution in [0.5, 0.6) is 0 Å². The van der Waals surface area contributed by atoms with Crippen LogP contribution in [0.3, 0.4) is 0 Å². The van der Waals surface area contributed by atoms with Crippen LogP contribution in [0.15, 0.2) is 22.7 Å². The average Bonchev–Trinajstić information content (AvgIpc) is 2.16. The molecule has 1 aromatic rings. The van der Waals surface area contributed by atoms with Gasteiger partial charge in [-0.25, -0.2) is 4.39 Å². The Labute approximate surface area is 89.2 Å². The lowest BCUT2D eigenvalue weighted by Gasteiger charge is -2.11. The standard InChI is InChI=1S/C9H9BrFNO2/c1-14-9(13)8(12)7-5(10)3-2-4-6(7)11/h2-4,8H,12H2,1H3/t8-/m0/s1. The molecule has 0 saturated heterocycles.